The molecule has 0 amide bonds. The van der Waals surface area contributed by atoms with Crippen LogP contribution in [0.25, 0.3) is 16.6 Å². The minimum Gasteiger partial charge on any atom is -0.493 e. The molecule has 31 heavy (non-hydrogen) atoms. The first-order valence-electron chi connectivity index (χ1n) is 10.1. The van der Waals surface area contributed by atoms with Gasteiger partial charge < -0.3 is 9.47 Å². The largest absolute Gasteiger partial charge is 0.493 e. The summed E-state index contributed by atoms with van der Waals surface area (Å²) in [5, 5.41) is 5.05. The van der Waals surface area contributed by atoms with Crippen LogP contribution in [0.1, 0.15) is 35.1 Å². The Kier molecular flexibility index (Phi) is 5.46. The molecule has 2 heterocycles. The van der Waals surface area contributed by atoms with Gasteiger partial charge in [0.25, 0.3) is 0 Å². The van der Waals surface area contributed by atoms with Crippen LogP contribution in [0.4, 0.5) is 0 Å². The van der Waals surface area contributed by atoms with Gasteiger partial charge in [-0.3, -0.25) is 9.36 Å². The fraction of sp³-hybridized carbons (Fsp3) is 0.304. The Morgan fingerprint density at radius 3 is 2.39 bits per heavy atom. The Morgan fingerprint density at radius 1 is 1.06 bits per heavy atom. The normalized spacial score (nSPS) is 11.2. The van der Waals surface area contributed by atoms with Gasteiger partial charge in [0.05, 0.1) is 26.3 Å². The van der Waals surface area contributed by atoms with Gasteiger partial charge in [-0.15, -0.1) is 5.10 Å². The molecule has 0 fully saturated rings. The number of hydrogen-bond acceptors (Lipinski definition) is 6. The average Bonchev–Trinajstić information content (AvgIpc) is 3.20. The molecule has 2 aromatic heterocycles. The van der Waals surface area contributed by atoms with Crippen molar-refractivity contribution in [1.82, 2.24) is 19.2 Å². The molecule has 0 saturated heterocycles. The van der Waals surface area contributed by atoms with Crippen LogP contribution in [0.2, 0.25) is 0 Å². The molecule has 4 rings (SSSR count). The molecule has 8 heteroatoms. The molecule has 160 valence electrons. The van der Waals surface area contributed by atoms with Crippen LogP contribution in [-0.2, 0) is 13.0 Å². The number of carbonyl (C=O) groups is 1. The minimum atomic E-state index is -0.426. The Bertz CT molecular complexity index is 1340. The van der Waals surface area contributed by atoms with Gasteiger partial charge in [-0.25, -0.2) is 9.78 Å². The molecule has 4 aromatic rings. The highest BCUT2D eigenvalue weighted by atomic mass is 16.5. The number of Topliss-reactive ketones (excluding diaryl/α,β-unsaturated/α-hetero) is 1. The molecule has 2 aromatic carbocycles. The fourth-order valence-electron chi connectivity index (χ4n) is 3.61. The van der Waals surface area contributed by atoms with Crippen molar-refractivity contribution in [1.29, 1.82) is 0 Å². The maximum absolute atomic E-state index is 13.3. The number of aromatic nitrogens is 4. The van der Waals surface area contributed by atoms with Crippen LogP contribution in [0, 0.1) is 6.92 Å². The van der Waals surface area contributed by atoms with Crippen LogP contribution in [0.15, 0.2) is 41.2 Å². The standard InChI is InChI=1S/C23H24N4O4/c1-5-6-21-24-22-16-11-19(30-3)20(31-4)12-17(16)26(23(29)27(22)25-21)13-18(28)15-9-7-14(2)8-10-15/h7-12H,5-6,13H2,1-4H3. The molecule has 0 spiro atoms. The monoisotopic (exact) mass is 420 g/mol. The number of methoxy groups -OCH3 is 2. The number of ketones is 1. The summed E-state index contributed by atoms with van der Waals surface area (Å²) in [6.45, 7) is 3.85. The lowest BCUT2D eigenvalue weighted by molar-refractivity contribution is 0.0971. The molecule has 0 bridgehead atoms. The van der Waals surface area contributed by atoms with E-state index in [2.05, 4.69) is 10.1 Å². The highest BCUT2D eigenvalue weighted by Crippen LogP contribution is 2.33. The van der Waals surface area contributed by atoms with Crippen LogP contribution >= 0.6 is 0 Å². The van der Waals surface area contributed by atoms with Crippen molar-refractivity contribution in [2.75, 3.05) is 14.2 Å². The zero-order chi connectivity index (χ0) is 22.1. The highest BCUT2D eigenvalue weighted by molar-refractivity contribution is 5.98. The Hall–Kier alpha value is -3.68. The first kappa shape index (κ1) is 20.6. The van der Waals surface area contributed by atoms with Crippen molar-refractivity contribution in [3.05, 3.63) is 63.8 Å². The van der Waals surface area contributed by atoms with Crippen molar-refractivity contribution in [2.24, 2.45) is 0 Å². The van der Waals surface area contributed by atoms with Crippen LogP contribution in [-0.4, -0.2) is 39.2 Å². The molecule has 8 nitrogen and oxygen atoms in total. The number of rotatable bonds is 7. The fourth-order valence-corrected chi connectivity index (χ4v) is 3.61. The topological polar surface area (TPSA) is 87.7 Å². The summed E-state index contributed by atoms with van der Waals surface area (Å²) in [6, 6.07) is 10.7. The second-order valence-electron chi connectivity index (χ2n) is 7.40. The highest BCUT2D eigenvalue weighted by Gasteiger charge is 2.20. The van der Waals surface area contributed by atoms with Gasteiger partial charge in [0.15, 0.2) is 28.8 Å². The van der Waals surface area contributed by atoms with E-state index in [4.69, 9.17) is 9.47 Å². The van der Waals surface area contributed by atoms with Crippen LogP contribution in [0.5, 0.6) is 11.5 Å². The number of carbonyl (C=O) groups excluding carboxylic acids is 1. The smallest absolute Gasteiger partial charge is 0.351 e. The van der Waals surface area contributed by atoms with E-state index in [0.29, 0.717) is 45.9 Å². The predicted octanol–water partition coefficient (Wildman–Crippen LogP) is 3.21. The summed E-state index contributed by atoms with van der Waals surface area (Å²) in [4.78, 5) is 30.9. The van der Waals surface area contributed by atoms with Gasteiger partial charge in [0, 0.05) is 23.4 Å². The van der Waals surface area contributed by atoms with E-state index >= 15 is 0 Å². The van der Waals surface area contributed by atoms with E-state index in [1.807, 2.05) is 26.0 Å². The Labute approximate surface area is 179 Å². The maximum atomic E-state index is 13.3. The molecule has 0 aliphatic rings. The van der Waals surface area contributed by atoms with Gasteiger partial charge in [-0.2, -0.15) is 4.52 Å². The third-order valence-corrected chi connectivity index (χ3v) is 5.25. The molecule has 0 atom stereocenters. The van der Waals surface area contributed by atoms with E-state index in [-0.39, 0.29) is 12.3 Å². The summed E-state index contributed by atoms with van der Waals surface area (Å²) in [7, 11) is 3.07. The lowest BCUT2D eigenvalue weighted by Gasteiger charge is -2.14. The number of hydrogen-bond donors (Lipinski definition) is 0. The van der Waals surface area contributed by atoms with Gasteiger partial charge in [-0.1, -0.05) is 36.8 Å². The average molecular weight is 420 g/mol. The summed E-state index contributed by atoms with van der Waals surface area (Å²) >= 11 is 0. The zero-order valence-electron chi connectivity index (χ0n) is 18.0. The first-order chi connectivity index (χ1) is 15.0. The summed E-state index contributed by atoms with van der Waals surface area (Å²) in [6.07, 6.45) is 1.50. The number of ether oxygens (including phenoxy) is 2. The van der Waals surface area contributed by atoms with Crippen molar-refractivity contribution in [3.8, 4) is 11.5 Å². The quantitative estimate of drug-likeness (QED) is 0.427. The van der Waals surface area contributed by atoms with E-state index in [9.17, 15) is 9.59 Å². The number of aryl methyl sites for hydroxylation is 2. The molecule has 0 aliphatic carbocycles. The third kappa shape index (κ3) is 3.65. The van der Waals surface area contributed by atoms with Crippen molar-refractivity contribution >= 4 is 22.3 Å². The molecular weight excluding hydrogens is 396 g/mol. The lowest BCUT2D eigenvalue weighted by Crippen LogP contribution is -2.30. The van der Waals surface area contributed by atoms with Crippen molar-refractivity contribution in [2.45, 2.75) is 33.2 Å². The van der Waals surface area contributed by atoms with E-state index in [1.165, 1.54) is 16.2 Å². The molecule has 0 aliphatic heterocycles. The molecule has 0 unspecified atom stereocenters. The van der Waals surface area contributed by atoms with E-state index < -0.39 is 5.69 Å². The lowest BCUT2D eigenvalue weighted by atomic mass is 10.1. The van der Waals surface area contributed by atoms with Crippen LogP contribution < -0.4 is 15.2 Å². The second kappa shape index (κ2) is 8.22. The van der Waals surface area contributed by atoms with Gasteiger partial charge in [0.2, 0.25) is 0 Å². The molecule has 0 saturated carbocycles. The zero-order valence-corrected chi connectivity index (χ0v) is 18.0. The SMILES string of the molecule is CCCc1nc2c3cc(OC)c(OC)cc3n(CC(=O)c3ccc(C)cc3)c(=O)n2n1. The third-order valence-electron chi connectivity index (χ3n) is 5.25. The van der Waals surface area contributed by atoms with Crippen molar-refractivity contribution in [3.63, 3.8) is 0 Å². The minimum absolute atomic E-state index is 0.132. The number of fused-ring (bicyclic) bond motifs is 3. The van der Waals surface area contributed by atoms with Gasteiger partial charge in [-0.05, 0) is 19.4 Å². The summed E-state index contributed by atoms with van der Waals surface area (Å²) in [5.74, 6) is 1.38. The van der Waals surface area contributed by atoms with E-state index in [0.717, 1.165) is 12.0 Å². The molecular formula is C23H24N4O4. The Balaban J connectivity index is 1.97. The molecule has 0 radical (unpaired) electrons. The Morgan fingerprint density at radius 2 is 1.74 bits per heavy atom. The van der Waals surface area contributed by atoms with Gasteiger partial charge in [0.1, 0.15) is 0 Å². The maximum Gasteiger partial charge on any atom is 0.351 e. The van der Waals surface area contributed by atoms with Crippen molar-refractivity contribution < 1.29 is 14.3 Å². The number of nitrogens with zero attached hydrogens (tertiary/aromatic N) is 4. The summed E-state index contributed by atoms with van der Waals surface area (Å²) in [5.41, 5.74) is 2.14. The number of benzene rings is 2. The predicted molar refractivity (Wildman–Crippen MR) is 117 cm³/mol. The summed E-state index contributed by atoms with van der Waals surface area (Å²) < 4.78 is 13.6. The van der Waals surface area contributed by atoms with Gasteiger partial charge >= 0.3 is 5.69 Å². The van der Waals surface area contributed by atoms with Crippen LogP contribution in [0.3, 0.4) is 0 Å². The first-order valence-corrected chi connectivity index (χ1v) is 10.1. The van der Waals surface area contributed by atoms with E-state index in [1.54, 1.807) is 31.4 Å². The second-order valence-corrected chi connectivity index (χ2v) is 7.40. The molecule has 0 N–H and O–H groups in total.